The van der Waals surface area contributed by atoms with Crippen LogP contribution >= 0.6 is 0 Å². The van der Waals surface area contributed by atoms with Gasteiger partial charge in [-0.05, 0) is 36.9 Å². The molecule has 0 bridgehead atoms. The molecule has 2 aromatic carbocycles. The molecule has 0 saturated heterocycles. The molecule has 3 rings (SSSR count). The fourth-order valence-corrected chi connectivity index (χ4v) is 2.65. The Morgan fingerprint density at radius 1 is 1.08 bits per heavy atom. The van der Waals surface area contributed by atoms with E-state index in [0.717, 1.165) is 23.4 Å². The van der Waals surface area contributed by atoms with Crippen LogP contribution in [0.1, 0.15) is 11.1 Å². The minimum absolute atomic E-state index is 0.269. The van der Waals surface area contributed by atoms with Crippen molar-refractivity contribution in [2.75, 3.05) is 14.2 Å². The summed E-state index contributed by atoms with van der Waals surface area (Å²) >= 11 is 0. The average Bonchev–Trinajstić information content (AvgIpc) is 3.04. The Labute approximate surface area is 141 Å². The van der Waals surface area contributed by atoms with E-state index < -0.39 is 0 Å². The number of ether oxygens (including phenoxy) is 1. The van der Waals surface area contributed by atoms with E-state index in [-0.39, 0.29) is 11.6 Å². The van der Waals surface area contributed by atoms with Gasteiger partial charge >= 0.3 is 0 Å². The zero-order valence-corrected chi connectivity index (χ0v) is 13.8. The molecule has 24 heavy (non-hydrogen) atoms. The van der Waals surface area contributed by atoms with Gasteiger partial charge < -0.3 is 4.74 Å². The maximum atomic E-state index is 13.8. The lowest BCUT2D eigenvalue weighted by Crippen LogP contribution is -2.17. The SMILES string of the molecule is COc1ccc(CN(C)Cc2cnn(-c3ccccc3)c2)cc1F. The molecule has 0 spiro atoms. The summed E-state index contributed by atoms with van der Waals surface area (Å²) in [5.41, 5.74) is 3.05. The molecule has 0 saturated carbocycles. The Morgan fingerprint density at radius 3 is 2.54 bits per heavy atom. The zero-order chi connectivity index (χ0) is 16.9. The molecule has 0 radical (unpaired) electrons. The topological polar surface area (TPSA) is 30.3 Å². The van der Waals surface area contributed by atoms with E-state index in [1.54, 1.807) is 6.07 Å². The molecule has 0 amide bonds. The first-order chi connectivity index (χ1) is 11.7. The largest absolute Gasteiger partial charge is 0.494 e. The predicted molar refractivity (Wildman–Crippen MR) is 91.7 cm³/mol. The minimum Gasteiger partial charge on any atom is -0.494 e. The summed E-state index contributed by atoms with van der Waals surface area (Å²) in [5, 5.41) is 4.40. The smallest absolute Gasteiger partial charge is 0.165 e. The minimum atomic E-state index is -0.333. The van der Waals surface area contributed by atoms with Crippen LogP contribution in [0.2, 0.25) is 0 Å². The second kappa shape index (κ2) is 7.27. The molecule has 0 unspecified atom stereocenters. The second-order valence-electron chi connectivity index (χ2n) is 5.77. The zero-order valence-electron chi connectivity index (χ0n) is 13.8. The molecule has 0 aliphatic rings. The number of nitrogens with zero attached hydrogens (tertiary/aromatic N) is 3. The fourth-order valence-electron chi connectivity index (χ4n) is 2.65. The third kappa shape index (κ3) is 3.81. The summed E-state index contributed by atoms with van der Waals surface area (Å²) in [7, 11) is 3.47. The van der Waals surface area contributed by atoms with Gasteiger partial charge in [0.1, 0.15) is 0 Å². The van der Waals surface area contributed by atoms with E-state index >= 15 is 0 Å². The lowest BCUT2D eigenvalue weighted by molar-refractivity contribution is 0.317. The standard InChI is InChI=1S/C19H20FN3O/c1-22(12-15-8-9-19(24-2)18(20)10-15)13-16-11-21-23(14-16)17-6-4-3-5-7-17/h3-11,14H,12-13H2,1-2H3. The van der Waals surface area contributed by atoms with Crippen molar-refractivity contribution in [2.45, 2.75) is 13.1 Å². The fraction of sp³-hybridized carbons (Fsp3) is 0.211. The van der Waals surface area contributed by atoms with E-state index in [2.05, 4.69) is 10.00 Å². The normalized spacial score (nSPS) is 11.0. The molecular formula is C19H20FN3O. The lowest BCUT2D eigenvalue weighted by atomic mass is 10.2. The number of methoxy groups -OCH3 is 1. The van der Waals surface area contributed by atoms with Gasteiger partial charge in [0, 0.05) is 24.8 Å². The number of rotatable bonds is 6. The summed E-state index contributed by atoms with van der Waals surface area (Å²) < 4.78 is 20.6. The van der Waals surface area contributed by atoms with Crippen LogP contribution in [-0.4, -0.2) is 28.8 Å². The number of halogens is 1. The third-order valence-electron chi connectivity index (χ3n) is 3.78. The number of aromatic nitrogens is 2. The van der Waals surface area contributed by atoms with E-state index in [1.807, 2.05) is 60.5 Å². The van der Waals surface area contributed by atoms with Crippen LogP contribution in [0.4, 0.5) is 4.39 Å². The average molecular weight is 325 g/mol. The van der Waals surface area contributed by atoms with Crippen molar-refractivity contribution in [3.63, 3.8) is 0 Å². The summed E-state index contributed by atoms with van der Waals surface area (Å²) in [5.74, 6) is -0.0640. The maximum Gasteiger partial charge on any atom is 0.165 e. The van der Waals surface area contributed by atoms with Crippen LogP contribution in [-0.2, 0) is 13.1 Å². The monoisotopic (exact) mass is 325 g/mol. The first-order valence-corrected chi connectivity index (χ1v) is 7.75. The van der Waals surface area contributed by atoms with Gasteiger partial charge in [0.25, 0.3) is 0 Å². The summed E-state index contributed by atoms with van der Waals surface area (Å²) in [6.45, 7) is 1.39. The summed E-state index contributed by atoms with van der Waals surface area (Å²) in [6, 6.07) is 15.0. The van der Waals surface area contributed by atoms with Crippen LogP contribution in [0.3, 0.4) is 0 Å². The Morgan fingerprint density at radius 2 is 1.83 bits per heavy atom. The molecule has 4 nitrogen and oxygen atoms in total. The van der Waals surface area contributed by atoms with Crippen LogP contribution in [0, 0.1) is 5.82 Å². The third-order valence-corrected chi connectivity index (χ3v) is 3.78. The molecule has 124 valence electrons. The molecule has 3 aromatic rings. The summed E-state index contributed by atoms with van der Waals surface area (Å²) in [4.78, 5) is 2.12. The van der Waals surface area contributed by atoms with Gasteiger partial charge in [0.2, 0.25) is 0 Å². The number of para-hydroxylation sites is 1. The molecule has 0 atom stereocenters. The van der Waals surface area contributed by atoms with Gasteiger partial charge in [-0.1, -0.05) is 24.3 Å². The van der Waals surface area contributed by atoms with Crippen molar-refractivity contribution in [3.05, 3.63) is 77.9 Å². The summed E-state index contributed by atoms with van der Waals surface area (Å²) in [6.07, 6.45) is 3.87. The molecule has 5 heteroatoms. The van der Waals surface area contributed by atoms with Gasteiger partial charge in [0.05, 0.1) is 19.0 Å². The Hall–Kier alpha value is -2.66. The van der Waals surface area contributed by atoms with Crippen molar-refractivity contribution >= 4 is 0 Å². The van der Waals surface area contributed by atoms with Crippen molar-refractivity contribution in [2.24, 2.45) is 0 Å². The first kappa shape index (κ1) is 16.2. The maximum absolute atomic E-state index is 13.8. The predicted octanol–water partition coefficient (Wildman–Crippen LogP) is 3.65. The lowest BCUT2D eigenvalue weighted by Gasteiger charge is -2.16. The van der Waals surface area contributed by atoms with E-state index in [9.17, 15) is 4.39 Å². The van der Waals surface area contributed by atoms with Gasteiger partial charge in [-0.3, -0.25) is 4.90 Å². The van der Waals surface area contributed by atoms with Gasteiger partial charge in [-0.25, -0.2) is 9.07 Å². The van der Waals surface area contributed by atoms with Crippen molar-refractivity contribution < 1.29 is 9.13 Å². The Bertz CT molecular complexity index is 801. The van der Waals surface area contributed by atoms with E-state index in [1.165, 1.54) is 13.2 Å². The Balaban J connectivity index is 1.64. The highest BCUT2D eigenvalue weighted by molar-refractivity contribution is 5.31. The molecule has 0 N–H and O–H groups in total. The second-order valence-corrected chi connectivity index (χ2v) is 5.77. The van der Waals surface area contributed by atoms with Crippen LogP contribution in [0.25, 0.3) is 5.69 Å². The molecular weight excluding hydrogens is 305 g/mol. The molecule has 0 fully saturated rings. The van der Waals surface area contributed by atoms with Gasteiger partial charge in [-0.15, -0.1) is 0 Å². The highest BCUT2D eigenvalue weighted by Crippen LogP contribution is 2.19. The molecule has 1 heterocycles. The molecule has 1 aromatic heterocycles. The number of hydrogen-bond acceptors (Lipinski definition) is 3. The number of benzene rings is 2. The van der Waals surface area contributed by atoms with Gasteiger partial charge in [0.15, 0.2) is 11.6 Å². The van der Waals surface area contributed by atoms with Crippen molar-refractivity contribution in [1.82, 2.24) is 14.7 Å². The van der Waals surface area contributed by atoms with Crippen LogP contribution in [0.15, 0.2) is 60.9 Å². The van der Waals surface area contributed by atoms with Gasteiger partial charge in [-0.2, -0.15) is 5.10 Å². The van der Waals surface area contributed by atoms with Crippen molar-refractivity contribution in [1.29, 1.82) is 0 Å². The number of hydrogen-bond donors (Lipinski definition) is 0. The first-order valence-electron chi connectivity index (χ1n) is 7.75. The Kier molecular flexibility index (Phi) is 4.91. The van der Waals surface area contributed by atoms with Crippen LogP contribution < -0.4 is 4.74 Å². The van der Waals surface area contributed by atoms with Crippen molar-refractivity contribution in [3.8, 4) is 11.4 Å². The molecule has 0 aliphatic carbocycles. The van der Waals surface area contributed by atoms with Crippen LogP contribution in [0.5, 0.6) is 5.75 Å². The highest BCUT2D eigenvalue weighted by atomic mass is 19.1. The van der Waals surface area contributed by atoms with E-state index in [0.29, 0.717) is 6.54 Å². The molecule has 0 aliphatic heterocycles. The quantitative estimate of drug-likeness (QED) is 0.693. The highest BCUT2D eigenvalue weighted by Gasteiger charge is 2.08. The van der Waals surface area contributed by atoms with E-state index in [4.69, 9.17) is 4.74 Å².